The van der Waals surface area contributed by atoms with E-state index in [9.17, 15) is 5.11 Å². The lowest BCUT2D eigenvalue weighted by molar-refractivity contribution is 0.0257. The summed E-state index contributed by atoms with van der Waals surface area (Å²) in [5.41, 5.74) is 2.65. The summed E-state index contributed by atoms with van der Waals surface area (Å²) in [4.78, 5) is 4.67. The molecule has 1 heterocycles. The number of hydrogen-bond acceptors (Lipinski definition) is 3. The van der Waals surface area contributed by atoms with Crippen molar-refractivity contribution in [1.29, 1.82) is 0 Å². The van der Waals surface area contributed by atoms with Gasteiger partial charge >= 0.3 is 0 Å². The Morgan fingerprint density at radius 3 is 2.25 bits per heavy atom. The minimum absolute atomic E-state index is 0.519. The smallest absolute Gasteiger partial charge is 0.191 e. The zero-order chi connectivity index (χ0) is 18.2. The highest BCUT2D eigenvalue weighted by molar-refractivity contribution is 5.79. The molecule has 0 unspecified atom stereocenters. The summed E-state index contributed by atoms with van der Waals surface area (Å²) < 4.78 is 1.89. The first kappa shape index (κ1) is 20.5. The molecular weight excluding hydrogens is 302 g/mol. The summed E-state index contributed by atoms with van der Waals surface area (Å²) in [7, 11) is 1.95. The summed E-state index contributed by atoms with van der Waals surface area (Å²) in [6, 6.07) is 0. The highest BCUT2D eigenvalue weighted by atomic mass is 16.3. The molecule has 6 heteroatoms. The van der Waals surface area contributed by atoms with Crippen LogP contribution in [0.4, 0.5) is 0 Å². The van der Waals surface area contributed by atoms with Crippen LogP contribution in [-0.4, -0.2) is 39.5 Å². The fraction of sp³-hybridized carbons (Fsp3) is 0.778. The van der Waals surface area contributed by atoms with Crippen LogP contribution in [0.25, 0.3) is 0 Å². The van der Waals surface area contributed by atoms with Gasteiger partial charge < -0.3 is 15.7 Å². The topological polar surface area (TPSA) is 74.5 Å². The van der Waals surface area contributed by atoms with Crippen molar-refractivity contribution in [2.75, 3.05) is 13.1 Å². The number of nitrogens with one attached hydrogen (secondary N) is 2. The normalized spacial score (nSPS) is 12.5. The van der Waals surface area contributed by atoms with Crippen molar-refractivity contribution in [3.05, 3.63) is 17.0 Å². The van der Waals surface area contributed by atoms with Crippen molar-refractivity contribution in [3.63, 3.8) is 0 Å². The van der Waals surface area contributed by atoms with E-state index in [2.05, 4.69) is 41.5 Å². The van der Waals surface area contributed by atoms with E-state index in [0.717, 1.165) is 55.1 Å². The summed E-state index contributed by atoms with van der Waals surface area (Å²) in [6.07, 6.45) is 3.54. The van der Waals surface area contributed by atoms with Gasteiger partial charge in [-0.1, -0.05) is 26.7 Å². The number of aliphatic hydroxyl groups is 1. The van der Waals surface area contributed by atoms with E-state index in [-0.39, 0.29) is 0 Å². The molecule has 1 aromatic heterocycles. The van der Waals surface area contributed by atoms with Gasteiger partial charge in [-0.15, -0.1) is 0 Å². The Hall–Kier alpha value is -1.56. The molecule has 0 aliphatic heterocycles. The quantitative estimate of drug-likeness (QED) is 0.478. The second kappa shape index (κ2) is 9.67. The van der Waals surface area contributed by atoms with Gasteiger partial charge in [-0.05, 0) is 33.6 Å². The van der Waals surface area contributed by atoms with E-state index in [0.29, 0.717) is 13.1 Å². The molecular formula is C18H35N5O. The third-order valence-corrected chi connectivity index (χ3v) is 4.41. The summed E-state index contributed by atoms with van der Waals surface area (Å²) in [5, 5.41) is 21.7. The number of aromatic nitrogens is 2. The van der Waals surface area contributed by atoms with Crippen molar-refractivity contribution < 1.29 is 5.11 Å². The van der Waals surface area contributed by atoms with Crippen molar-refractivity contribution in [3.8, 4) is 0 Å². The third kappa shape index (κ3) is 5.82. The van der Waals surface area contributed by atoms with Crippen LogP contribution in [0.2, 0.25) is 0 Å². The van der Waals surface area contributed by atoms with Gasteiger partial charge in [0.25, 0.3) is 0 Å². The fourth-order valence-corrected chi connectivity index (χ4v) is 3.03. The van der Waals surface area contributed by atoms with E-state index < -0.39 is 5.60 Å². The number of aryl methyl sites for hydroxylation is 2. The Morgan fingerprint density at radius 2 is 1.79 bits per heavy atom. The molecule has 138 valence electrons. The molecule has 1 rings (SSSR count). The first-order valence-electron chi connectivity index (χ1n) is 9.10. The molecule has 0 atom stereocenters. The van der Waals surface area contributed by atoms with E-state index in [1.165, 1.54) is 0 Å². The number of nitrogens with zero attached hydrogens (tertiary/aromatic N) is 3. The van der Waals surface area contributed by atoms with Crippen LogP contribution in [0.1, 0.15) is 63.4 Å². The van der Waals surface area contributed by atoms with Crippen LogP contribution in [-0.2, 0) is 13.6 Å². The highest BCUT2D eigenvalue weighted by Gasteiger charge is 2.25. The fourth-order valence-electron chi connectivity index (χ4n) is 3.03. The van der Waals surface area contributed by atoms with Crippen LogP contribution in [0.5, 0.6) is 0 Å². The lowest BCUT2D eigenvalue weighted by atomic mass is 9.93. The first-order chi connectivity index (χ1) is 11.4. The SMILES string of the molecule is CCCC(O)(CCC)CNC(=NCc1c(C)nn(C)c1C)NCC. The Balaban J connectivity index is 2.78. The second-order valence-corrected chi connectivity index (χ2v) is 6.55. The average molecular weight is 338 g/mol. The zero-order valence-electron chi connectivity index (χ0n) is 16.2. The molecule has 0 radical (unpaired) electrons. The van der Waals surface area contributed by atoms with Gasteiger partial charge in [0.05, 0.1) is 17.8 Å². The zero-order valence-corrected chi connectivity index (χ0v) is 16.2. The monoisotopic (exact) mass is 337 g/mol. The molecule has 0 aliphatic carbocycles. The summed E-state index contributed by atoms with van der Waals surface area (Å²) >= 11 is 0. The summed E-state index contributed by atoms with van der Waals surface area (Å²) in [6.45, 7) is 12.2. The Labute approximate surface area is 146 Å². The van der Waals surface area contributed by atoms with Crippen LogP contribution >= 0.6 is 0 Å². The van der Waals surface area contributed by atoms with Crippen LogP contribution < -0.4 is 10.6 Å². The molecule has 0 spiro atoms. The van der Waals surface area contributed by atoms with E-state index in [4.69, 9.17) is 0 Å². The molecule has 0 amide bonds. The van der Waals surface area contributed by atoms with Gasteiger partial charge in [-0.25, -0.2) is 4.99 Å². The maximum Gasteiger partial charge on any atom is 0.191 e. The molecule has 1 aromatic rings. The maximum absolute atomic E-state index is 10.7. The van der Waals surface area contributed by atoms with E-state index in [1.54, 1.807) is 0 Å². The van der Waals surface area contributed by atoms with Crippen molar-refractivity contribution in [2.24, 2.45) is 12.0 Å². The molecule has 0 bridgehead atoms. The lowest BCUT2D eigenvalue weighted by Crippen LogP contribution is -2.47. The minimum Gasteiger partial charge on any atom is -0.388 e. The van der Waals surface area contributed by atoms with Crippen LogP contribution in [0.15, 0.2) is 4.99 Å². The van der Waals surface area contributed by atoms with Gasteiger partial charge in [-0.3, -0.25) is 4.68 Å². The van der Waals surface area contributed by atoms with Gasteiger partial charge in [0, 0.05) is 31.4 Å². The Bertz CT molecular complexity index is 530. The number of guanidine groups is 1. The van der Waals surface area contributed by atoms with E-state index >= 15 is 0 Å². The van der Waals surface area contributed by atoms with Gasteiger partial charge in [-0.2, -0.15) is 5.10 Å². The van der Waals surface area contributed by atoms with Crippen LogP contribution in [0, 0.1) is 13.8 Å². The average Bonchev–Trinajstić information content (AvgIpc) is 2.76. The van der Waals surface area contributed by atoms with Gasteiger partial charge in [0.1, 0.15) is 0 Å². The Morgan fingerprint density at radius 1 is 1.17 bits per heavy atom. The molecule has 6 nitrogen and oxygen atoms in total. The molecule has 3 N–H and O–H groups in total. The van der Waals surface area contributed by atoms with Gasteiger partial charge in [0.15, 0.2) is 5.96 Å². The van der Waals surface area contributed by atoms with E-state index in [1.807, 2.05) is 25.6 Å². The summed E-state index contributed by atoms with van der Waals surface area (Å²) in [5.74, 6) is 0.741. The number of rotatable bonds is 9. The van der Waals surface area contributed by atoms with Crippen LogP contribution in [0.3, 0.4) is 0 Å². The largest absolute Gasteiger partial charge is 0.388 e. The standard InChI is InChI=1S/C18H35N5O/c1-7-10-18(24,11-8-2)13-21-17(19-9-3)20-12-16-14(4)22-23(6)15(16)5/h24H,7-13H2,1-6H3,(H2,19,20,21). The molecule has 0 saturated heterocycles. The predicted octanol–water partition coefficient (Wildman–Crippen LogP) is 2.42. The maximum atomic E-state index is 10.7. The molecule has 24 heavy (non-hydrogen) atoms. The third-order valence-electron chi connectivity index (χ3n) is 4.41. The first-order valence-corrected chi connectivity index (χ1v) is 9.10. The second-order valence-electron chi connectivity index (χ2n) is 6.55. The number of aliphatic imine (C=N–C) groups is 1. The van der Waals surface area contributed by atoms with Crippen molar-refractivity contribution >= 4 is 5.96 Å². The Kier molecular flexibility index (Phi) is 8.25. The highest BCUT2D eigenvalue weighted by Crippen LogP contribution is 2.18. The van der Waals surface area contributed by atoms with Crippen molar-refractivity contribution in [1.82, 2.24) is 20.4 Å². The lowest BCUT2D eigenvalue weighted by Gasteiger charge is -2.28. The van der Waals surface area contributed by atoms with Gasteiger partial charge in [0.2, 0.25) is 0 Å². The molecule has 0 aromatic carbocycles. The molecule has 0 saturated carbocycles. The van der Waals surface area contributed by atoms with Crippen molar-refractivity contribution in [2.45, 2.75) is 72.4 Å². The minimum atomic E-state index is -0.667. The molecule has 0 aliphatic rings. The number of hydrogen-bond donors (Lipinski definition) is 3. The molecule has 0 fully saturated rings. The predicted molar refractivity (Wildman–Crippen MR) is 100 cm³/mol.